The molecule has 1 saturated heterocycles. The average molecular weight is 314 g/mol. The van der Waals surface area contributed by atoms with Crippen LogP contribution in [0.4, 0.5) is 4.39 Å². The first-order valence-corrected chi connectivity index (χ1v) is 7.40. The molecule has 0 radical (unpaired) electrons. The number of amides is 1. The zero-order valence-corrected chi connectivity index (χ0v) is 12.5. The van der Waals surface area contributed by atoms with E-state index in [1.165, 1.54) is 18.2 Å². The molecule has 0 aromatic heterocycles. The minimum absolute atomic E-state index is 0.0139. The first kappa shape index (κ1) is 14.8. The molecule has 114 valence electrons. The van der Waals surface area contributed by atoms with Crippen LogP contribution in [0.15, 0.2) is 18.2 Å². The van der Waals surface area contributed by atoms with Crippen molar-refractivity contribution in [1.29, 1.82) is 0 Å². The number of ether oxygens (including phenoxy) is 2. The zero-order chi connectivity index (χ0) is 15.0. The third-order valence-corrected chi connectivity index (χ3v) is 4.56. The van der Waals surface area contributed by atoms with Crippen LogP contribution in [0.2, 0.25) is 5.02 Å². The molecule has 0 unspecified atom stereocenters. The van der Waals surface area contributed by atoms with Crippen molar-refractivity contribution in [2.75, 3.05) is 20.3 Å². The highest BCUT2D eigenvalue weighted by Gasteiger charge is 2.44. The van der Waals surface area contributed by atoms with Gasteiger partial charge >= 0.3 is 0 Å². The second-order valence-corrected chi connectivity index (χ2v) is 5.79. The topological polar surface area (TPSA) is 38.8 Å². The number of nitrogens with zero attached hydrogens (tertiary/aromatic N) is 1. The number of carbonyl (C=O) groups is 1. The fraction of sp³-hybridized carbons (Fsp3) is 0.533. The Labute approximate surface area is 127 Å². The molecular formula is C15H17ClFNO3. The molecule has 1 amide bonds. The third-order valence-electron chi connectivity index (χ3n) is 4.27. The number of carbonyl (C=O) groups excluding carboxylic acids is 1. The molecule has 1 aliphatic heterocycles. The second kappa shape index (κ2) is 5.91. The molecule has 3 atom stereocenters. The Morgan fingerprint density at radius 1 is 1.48 bits per heavy atom. The summed E-state index contributed by atoms with van der Waals surface area (Å²) in [4.78, 5) is 14.5. The minimum Gasteiger partial charge on any atom is -0.379 e. The smallest absolute Gasteiger partial charge is 0.254 e. The average Bonchev–Trinajstić information content (AvgIpc) is 2.92. The number of methoxy groups -OCH3 is 1. The van der Waals surface area contributed by atoms with E-state index >= 15 is 0 Å². The Balaban J connectivity index is 1.82. The summed E-state index contributed by atoms with van der Waals surface area (Å²) in [7, 11) is 1.66. The molecule has 3 rings (SSSR count). The number of fused-ring (bicyclic) bond motifs is 1. The lowest BCUT2D eigenvalue weighted by Gasteiger charge is -2.39. The third kappa shape index (κ3) is 2.65. The van der Waals surface area contributed by atoms with Gasteiger partial charge in [-0.3, -0.25) is 4.79 Å². The molecule has 1 aromatic carbocycles. The van der Waals surface area contributed by atoms with Gasteiger partial charge in [-0.25, -0.2) is 4.39 Å². The number of hydrogen-bond acceptors (Lipinski definition) is 3. The number of morpholine rings is 1. The van der Waals surface area contributed by atoms with Crippen molar-refractivity contribution >= 4 is 17.5 Å². The van der Waals surface area contributed by atoms with Gasteiger partial charge in [-0.05, 0) is 31.0 Å². The number of halogens is 2. The maximum atomic E-state index is 13.2. The summed E-state index contributed by atoms with van der Waals surface area (Å²) in [5.74, 6) is -0.652. The summed E-state index contributed by atoms with van der Waals surface area (Å²) < 4.78 is 24.4. The van der Waals surface area contributed by atoms with Gasteiger partial charge in [-0.2, -0.15) is 0 Å². The van der Waals surface area contributed by atoms with E-state index in [9.17, 15) is 9.18 Å². The molecule has 2 aliphatic rings. The summed E-state index contributed by atoms with van der Waals surface area (Å²) >= 11 is 5.76. The maximum Gasteiger partial charge on any atom is 0.254 e. The summed E-state index contributed by atoms with van der Waals surface area (Å²) in [5, 5.41) is -0.0353. The Hall–Kier alpha value is -1.17. The quantitative estimate of drug-likeness (QED) is 0.842. The van der Waals surface area contributed by atoms with Gasteiger partial charge < -0.3 is 14.4 Å². The van der Waals surface area contributed by atoms with E-state index in [1.54, 1.807) is 12.0 Å². The van der Waals surface area contributed by atoms with Crippen LogP contribution in [0.3, 0.4) is 0 Å². The monoisotopic (exact) mass is 313 g/mol. The van der Waals surface area contributed by atoms with Crippen LogP contribution in [0, 0.1) is 5.82 Å². The van der Waals surface area contributed by atoms with Crippen molar-refractivity contribution in [3.8, 4) is 0 Å². The maximum absolute atomic E-state index is 13.2. The van der Waals surface area contributed by atoms with E-state index in [0.29, 0.717) is 18.7 Å². The van der Waals surface area contributed by atoms with Crippen molar-refractivity contribution in [3.63, 3.8) is 0 Å². The Kier molecular flexibility index (Phi) is 4.15. The van der Waals surface area contributed by atoms with E-state index in [2.05, 4.69) is 0 Å². The fourth-order valence-corrected chi connectivity index (χ4v) is 3.40. The molecule has 1 saturated carbocycles. The lowest BCUT2D eigenvalue weighted by Crippen LogP contribution is -2.53. The van der Waals surface area contributed by atoms with Gasteiger partial charge in [0.2, 0.25) is 0 Å². The van der Waals surface area contributed by atoms with E-state index < -0.39 is 5.82 Å². The van der Waals surface area contributed by atoms with Crippen LogP contribution >= 0.6 is 11.6 Å². The Morgan fingerprint density at radius 3 is 3.00 bits per heavy atom. The van der Waals surface area contributed by atoms with Crippen LogP contribution in [0.1, 0.15) is 23.2 Å². The fourth-order valence-electron chi connectivity index (χ4n) is 3.21. The zero-order valence-electron chi connectivity index (χ0n) is 11.7. The predicted molar refractivity (Wildman–Crippen MR) is 76.0 cm³/mol. The van der Waals surface area contributed by atoms with Gasteiger partial charge in [-0.15, -0.1) is 0 Å². The first-order chi connectivity index (χ1) is 10.1. The van der Waals surface area contributed by atoms with Crippen molar-refractivity contribution in [2.24, 2.45) is 0 Å². The van der Waals surface area contributed by atoms with Crippen molar-refractivity contribution in [2.45, 2.75) is 31.1 Å². The van der Waals surface area contributed by atoms with E-state index in [4.69, 9.17) is 21.1 Å². The lowest BCUT2D eigenvalue weighted by atomic mass is 10.1. The van der Waals surface area contributed by atoms with Crippen LogP contribution in [-0.4, -0.2) is 49.3 Å². The van der Waals surface area contributed by atoms with Crippen molar-refractivity contribution in [1.82, 2.24) is 4.90 Å². The summed E-state index contributed by atoms with van der Waals surface area (Å²) in [6, 6.07) is 4.09. The van der Waals surface area contributed by atoms with Crippen LogP contribution in [-0.2, 0) is 9.47 Å². The van der Waals surface area contributed by atoms with Gasteiger partial charge in [0.05, 0.1) is 23.8 Å². The summed E-state index contributed by atoms with van der Waals surface area (Å²) in [5.41, 5.74) is 0.405. The highest BCUT2D eigenvalue weighted by atomic mass is 35.5. The molecule has 0 N–H and O–H groups in total. The largest absolute Gasteiger partial charge is 0.379 e. The standard InChI is InChI=1S/C15H17ClFNO3/c1-20-13-5-4-12-14(13)21-7-6-18(12)15(19)9-2-3-11(17)10(16)8-9/h2-3,8,12-14H,4-7H2,1H3/t12-,13-,14+/m1/s1. The SMILES string of the molecule is CO[C@@H]1CC[C@@H]2[C@@H]1OCCN2C(=O)c1ccc(F)c(Cl)c1. The van der Waals surface area contributed by atoms with Crippen LogP contribution < -0.4 is 0 Å². The number of benzene rings is 1. The molecule has 0 spiro atoms. The number of hydrogen-bond donors (Lipinski definition) is 0. The molecule has 21 heavy (non-hydrogen) atoms. The van der Waals surface area contributed by atoms with E-state index in [1.807, 2.05) is 0 Å². The van der Waals surface area contributed by atoms with Gasteiger partial charge in [0.25, 0.3) is 5.91 Å². The van der Waals surface area contributed by atoms with Crippen molar-refractivity contribution in [3.05, 3.63) is 34.6 Å². The normalized spacial score (nSPS) is 28.5. The predicted octanol–water partition coefficient (Wildman–Crippen LogP) is 2.50. The molecule has 1 aliphatic carbocycles. The first-order valence-electron chi connectivity index (χ1n) is 7.02. The Bertz CT molecular complexity index is 554. The molecule has 6 heteroatoms. The molecule has 1 heterocycles. The summed E-state index contributed by atoms with van der Waals surface area (Å²) in [6.45, 7) is 1.02. The Morgan fingerprint density at radius 2 is 2.29 bits per heavy atom. The van der Waals surface area contributed by atoms with Gasteiger partial charge in [-0.1, -0.05) is 11.6 Å². The number of rotatable bonds is 2. The van der Waals surface area contributed by atoms with E-state index in [-0.39, 0.29) is 29.2 Å². The highest BCUT2D eigenvalue weighted by molar-refractivity contribution is 6.31. The molecule has 1 aromatic rings. The molecule has 4 nitrogen and oxygen atoms in total. The molecule has 2 fully saturated rings. The molecule has 0 bridgehead atoms. The van der Waals surface area contributed by atoms with Gasteiger partial charge in [0.1, 0.15) is 11.9 Å². The minimum atomic E-state index is -0.520. The van der Waals surface area contributed by atoms with Crippen molar-refractivity contribution < 1.29 is 18.7 Å². The van der Waals surface area contributed by atoms with Crippen LogP contribution in [0.5, 0.6) is 0 Å². The lowest BCUT2D eigenvalue weighted by molar-refractivity contribution is -0.0946. The summed E-state index contributed by atoms with van der Waals surface area (Å²) in [6.07, 6.45) is 1.68. The van der Waals surface area contributed by atoms with Gasteiger partial charge in [0, 0.05) is 19.2 Å². The molecular weight excluding hydrogens is 297 g/mol. The highest BCUT2D eigenvalue weighted by Crippen LogP contribution is 2.32. The van der Waals surface area contributed by atoms with Crippen LogP contribution in [0.25, 0.3) is 0 Å². The van der Waals surface area contributed by atoms with Gasteiger partial charge in [0.15, 0.2) is 0 Å². The second-order valence-electron chi connectivity index (χ2n) is 5.38. The van der Waals surface area contributed by atoms with E-state index in [0.717, 1.165) is 12.8 Å².